The molecule has 0 aliphatic rings. The maximum atomic E-state index is 11.8. The van der Waals surface area contributed by atoms with Crippen LogP contribution in [0.25, 0.3) is 0 Å². The zero-order valence-corrected chi connectivity index (χ0v) is 16.3. The lowest BCUT2D eigenvalue weighted by molar-refractivity contribution is -0.148. The number of esters is 1. The number of para-hydroxylation sites is 2. The molecule has 0 heterocycles. The van der Waals surface area contributed by atoms with E-state index in [1.54, 1.807) is 31.4 Å². The SMILES string of the molecule is COc1ccccc1CCNC(=O)COC(=O)CCNC(=O)Nc1ccccc1. The third kappa shape index (κ3) is 8.34. The van der Waals surface area contributed by atoms with Gasteiger partial charge in [0.15, 0.2) is 6.61 Å². The number of amides is 3. The minimum Gasteiger partial charge on any atom is -0.496 e. The zero-order chi connectivity index (χ0) is 20.9. The van der Waals surface area contributed by atoms with Crippen molar-refractivity contribution in [2.45, 2.75) is 12.8 Å². The van der Waals surface area contributed by atoms with E-state index < -0.39 is 12.0 Å². The molecule has 0 spiro atoms. The van der Waals surface area contributed by atoms with Crippen LogP contribution in [0.5, 0.6) is 5.75 Å². The van der Waals surface area contributed by atoms with Crippen molar-refractivity contribution in [1.29, 1.82) is 0 Å². The molecule has 8 heteroatoms. The number of benzene rings is 2. The second-order valence-electron chi connectivity index (χ2n) is 6.07. The van der Waals surface area contributed by atoms with Crippen molar-refractivity contribution in [2.75, 3.05) is 32.1 Å². The summed E-state index contributed by atoms with van der Waals surface area (Å²) in [5.41, 5.74) is 1.63. The molecule has 29 heavy (non-hydrogen) atoms. The summed E-state index contributed by atoms with van der Waals surface area (Å²) in [6.07, 6.45) is 0.570. The summed E-state index contributed by atoms with van der Waals surface area (Å²) in [7, 11) is 1.59. The van der Waals surface area contributed by atoms with Crippen molar-refractivity contribution in [1.82, 2.24) is 10.6 Å². The number of hydrogen-bond donors (Lipinski definition) is 3. The summed E-state index contributed by atoms with van der Waals surface area (Å²) in [6.45, 7) is 0.145. The summed E-state index contributed by atoms with van der Waals surface area (Å²) in [5, 5.41) is 7.87. The smallest absolute Gasteiger partial charge is 0.319 e. The predicted octanol–water partition coefficient (Wildman–Crippen LogP) is 2.11. The van der Waals surface area contributed by atoms with E-state index in [0.29, 0.717) is 18.7 Å². The van der Waals surface area contributed by atoms with Crippen LogP contribution in [0.15, 0.2) is 54.6 Å². The first-order chi connectivity index (χ1) is 14.1. The zero-order valence-electron chi connectivity index (χ0n) is 16.3. The fraction of sp³-hybridized carbons (Fsp3) is 0.286. The van der Waals surface area contributed by atoms with Gasteiger partial charge in [-0.05, 0) is 30.2 Å². The first-order valence-corrected chi connectivity index (χ1v) is 9.22. The first-order valence-electron chi connectivity index (χ1n) is 9.22. The number of urea groups is 1. The van der Waals surface area contributed by atoms with Gasteiger partial charge >= 0.3 is 12.0 Å². The molecule has 0 aromatic heterocycles. The molecule has 0 radical (unpaired) electrons. The molecule has 0 saturated carbocycles. The largest absolute Gasteiger partial charge is 0.496 e. The van der Waals surface area contributed by atoms with E-state index in [9.17, 15) is 14.4 Å². The lowest BCUT2D eigenvalue weighted by Gasteiger charge is -2.10. The maximum absolute atomic E-state index is 11.8. The summed E-state index contributed by atoms with van der Waals surface area (Å²) >= 11 is 0. The number of ether oxygens (including phenoxy) is 2. The molecule has 154 valence electrons. The van der Waals surface area contributed by atoms with Crippen LogP contribution in [-0.4, -0.2) is 44.7 Å². The van der Waals surface area contributed by atoms with E-state index in [-0.39, 0.29) is 25.5 Å². The van der Waals surface area contributed by atoms with Gasteiger partial charge < -0.3 is 25.4 Å². The van der Waals surface area contributed by atoms with Crippen LogP contribution in [0.3, 0.4) is 0 Å². The van der Waals surface area contributed by atoms with Crippen molar-refractivity contribution >= 4 is 23.6 Å². The lowest BCUT2D eigenvalue weighted by atomic mass is 10.1. The molecule has 0 unspecified atom stereocenters. The number of methoxy groups -OCH3 is 1. The van der Waals surface area contributed by atoms with Gasteiger partial charge in [0.1, 0.15) is 5.75 Å². The highest BCUT2D eigenvalue weighted by atomic mass is 16.5. The molecule has 0 bridgehead atoms. The Morgan fingerprint density at radius 1 is 0.897 bits per heavy atom. The summed E-state index contributed by atoms with van der Waals surface area (Å²) in [4.78, 5) is 35.1. The predicted molar refractivity (Wildman–Crippen MR) is 109 cm³/mol. The van der Waals surface area contributed by atoms with E-state index in [1.165, 1.54) is 0 Å². The highest BCUT2D eigenvalue weighted by molar-refractivity contribution is 5.89. The van der Waals surface area contributed by atoms with Crippen LogP contribution >= 0.6 is 0 Å². The molecule has 8 nitrogen and oxygen atoms in total. The molecule has 3 N–H and O–H groups in total. The Morgan fingerprint density at radius 2 is 1.62 bits per heavy atom. The molecule has 0 aliphatic carbocycles. The van der Waals surface area contributed by atoms with Crippen LogP contribution in [0.4, 0.5) is 10.5 Å². The minimum absolute atomic E-state index is 0.0310. The Balaban J connectivity index is 1.56. The van der Waals surface area contributed by atoms with E-state index in [0.717, 1.165) is 11.3 Å². The second-order valence-corrected chi connectivity index (χ2v) is 6.07. The Bertz CT molecular complexity index is 811. The van der Waals surface area contributed by atoms with Gasteiger partial charge in [-0.1, -0.05) is 36.4 Å². The monoisotopic (exact) mass is 399 g/mol. The van der Waals surface area contributed by atoms with Crippen LogP contribution in [-0.2, 0) is 20.7 Å². The highest BCUT2D eigenvalue weighted by Gasteiger charge is 2.09. The van der Waals surface area contributed by atoms with E-state index >= 15 is 0 Å². The Labute approximate surface area is 169 Å². The Morgan fingerprint density at radius 3 is 2.38 bits per heavy atom. The van der Waals surface area contributed by atoms with Gasteiger partial charge in [0.25, 0.3) is 5.91 Å². The van der Waals surface area contributed by atoms with Gasteiger partial charge in [-0.15, -0.1) is 0 Å². The van der Waals surface area contributed by atoms with Crippen molar-refractivity contribution in [3.8, 4) is 5.75 Å². The molecule has 0 aliphatic heterocycles. The van der Waals surface area contributed by atoms with Gasteiger partial charge in [-0.3, -0.25) is 9.59 Å². The number of rotatable bonds is 10. The number of nitrogens with one attached hydrogen (secondary N) is 3. The molecule has 0 fully saturated rings. The lowest BCUT2D eigenvalue weighted by Crippen LogP contribution is -2.32. The van der Waals surface area contributed by atoms with Crippen LogP contribution in [0.2, 0.25) is 0 Å². The fourth-order valence-electron chi connectivity index (χ4n) is 2.49. The number of anilines is 1. The number of carbonyl (C=O) groups excluding carboxylic acids is 3. The second kappa shape index (κ2) is 12.0. The summed E-state index contributed by atoms with van der Waals surface area (Å²) < 4.78 is 10.2. The van der Waals surface area contributed by atoms with Crippen molar-refractivity contribution in [2.24, 2.45) is 0 Å². The van der Waals surface area contributed by atoms with Crippen LogP contribution in [0.1, 0.15) is 12.0 Å². The highest BCUT2D eigenvalue weighted by Crippen LogP contribution is 2.17. The summed E-state index contributed by atoms with van der Waals surface area (Å²) in [5.74, 6) is -0.190. The average molecular weight is 399 g/mol. The molecule has 0 atom stereocenters. The Kier molecular flexibility index (Phi) is 9.01. The normalized spacial score (nSPS) is 9.97. The van der Waals surface area contributed by atoms with Crippen LogP contribution < -0.4 is 20.7 Å². The molecular weight excluding hydrogens is 374 g/mol. The molecule has 2 aromatic carbocycles. The molecule has 2 aromatic rings. The topological polar surface area (TPSA) is 106 Å². The van der Waals surface area contributed by atoms with Gasteiger partial charge in [0.05, 0.1) is 13.5 Å². The van der Waals surface area contributed by atoms with E-state index in [2.05, 4.69) is 16.0 Å². The third-order valence-corrected chi connectivity index (χ3v) is 3.92. The van der Waals surface area contributed by atoms with Crippen molar-refractivity contribution < 1.29 is 23.9 Å². The number of carbonyl (C=O) groups is 3. The Hall–Kier alpha value is -3.55. The van der Waals surface area contributed by atoms with Gasteiger partial charge in [-0.2, -0.15) is 0 Å². The quantitative estimate of drug-likeness (QED) is 0.531. The van der Waals surface area contributed by atoms with Crippen LogP contribution in [0, 0.1) is 0 Å². The third-order valence-electron chi connectivity index (χ3n) is 3.92. The average Bonchev–Trinajstić information content (AvgIpc) is 2.73. The molecule has 0 saturated heterocycles. The fourth-order valence-corrected chi connectivity index (χ4v) is 2.49. The van der Waals surface area contributed by atoms with E-state index in [4.69, 9.17) is 9.47 Å². The summed E-state index contributed by atoms with van der Waals surface area (Å²) in [6, 6.07) is 16.1. The standard InChI is InChI=1S/C21H25N3O5/c1-28-18-10-6-5-7-16(18)11-13-22-19(25)15-29-20(26)12-14-23-21(27)24-17-8-3-2-4-9-17/h2-10H,11-15H2,1H3,(H,22,25)(H2,23,24,27). The van der Waals surface area contributed by atoms with E-state index in [1.807, 2.05) is 30.3 Å². The van der Waals surface area contributed by atoms with Crippen molar-refractivity contribution in [3.05, 3.63) is 60.2 Å². The molecular formula is C21H25N3O5. The maximum Gasteiger partial charge on any atom is 0.319 e. The van der Waals surface area contributed by atoms with Gasteiger partial charge in [0, 0.05) is 18.8 Å². The van der Waals surface area contributed by atoms with Gasteiger partial charge in [-0.25, -0.2) is 4.79 Å². The van der Waals surface area contributed by atoms with Crippen molar-refractivity contribution in [3.63, 3.8) is 0 Å². The molecule has 3 amide bonds. The van der Waals surface area contributed by atoms with Gasteiger partial charge in [0.2, 0.25) is 0 Å². The first kappa shape index (κ1) is 21.7. The molecule has 2 rings (SSSR count). The minimum atomic E-state index is -0.565. The number of hydrogen-bond acceptors (Lipinski definition) is 5.